The fraction of sp³-hybridized carbons (Fsp3) is 1.00. The van der Waals surface area contributed by atoms with E-state index in [2.05, 4.69) is 35.8 Å². The van der Waals surface area contributed by atoms with Crippen molar-refractivity contribution in [2.75, 3.05) is 53.9 Å². The molecule has 0 atom stereocenters. The van der Waals surface area contributed by atoms with E-state index in [4.69, 9.17) is 0 Å². The van der Waals surface area contributed by atoms with Crippen LogP contribution in [0.1, 0.15) is 32.1 Å². The number of hydrogen-bond donors (Lipinski definition) is 0. The quantitative estimate of drug-likeness (QED) is 0.714. The van der Waals surface area contributed by atoms with E-state index < -0.39 is 0 Å². The van der Waals surface area contributed by atoms with Gasteiger partial charge in [0.05, 0.1) is 0 Å². The molecule has 2 fully saturated rings. The molecule has 0 N–H and O–H groups in total. The van der Waals surface area contributed by atoms with Crippen molar-refractivity contribution in [2.45, 2.75) is 38.1 Å². The van der Waals surface area contributed by atoms with Crippen LogP contribution < -0.4 is 0 Å². The van der Waals surface area contributed by atoms with Crippen LogP contribution in [-0.4, -0.2) is 74.6 Å². The molecule has 1 saturated heterocycles. The Hall–Kier alpha value is -0.120. The van der Waals surface area contributed by atoms with Crippen LogP contribution in [0.2, 0.25) is 0 Å². The van der Waals surface area contributed by atoms with Crippen LogP contribution in [0.5, 0.6) is 0 Å². The summed E-state index contributed by atoms with van der Waals surface area (Å²) in [6, 6.07) is 0.907. The standard InChI is InChI=1S/C15H31N3/c1-16(2)11-12-18(15-5-4-6-15)13-14-7-9-17(3)10-8-14/h14-15H,4-13H2,1-3H3. The fourth-order valence-corrected chi connectivity index (χ4v) is 3.08. The van der Waals surface area contributed by atoms with Crippen molar-refractivity contribution < 1.29 is 0 Å². The molecule has 1 aliphatic carbocycles. The number of rotatable bonds is 6. The van der Waals surface area contributed by atoms with Crippen LogP contribution in [0.25, 0.3) is 0 Å². The highest BCUT2D eigenvalue weighted by Gasteiger charge is 2.27. The lowest BCUT2D eigenvalue weighted by molar-refractivity contribution is 0.0810. The van der Waals surface area contributed by atoms with E-state index in [1.165, 1.54) is 64.8 Å². The van der Waals surface area contributed by atoms with Crippen LogP contribution in [0.3, 0.4) is 0 Å². The summed E-state index contributed by atoms with van der Waals surface area (Å²) in [5.41, 5.74) is 0. The summed E-state index contributed by atoms with van der Waals surface area (Å²) in [5.74, 6) is 0.948. The van der Waals surface area contributed by atoms with Gasteiger partial charge in [-0.05, 0) is 65.8 Å². The molecule has 1 aliphatic heterocycles. The predicted molar refractivity (Wildman–Crippen MR) is 78.0 cm³/mol. The van der Waals surface area contributed by atoms with Gasteiger partial charge < -0.3 is 9.80 Å². The minimum Gasteiger partial charge on any atom is -0.308 e. The topological polar surface area (TPSA) is 9.72 Å². The molecule has 0 unspecified atom stereocenters. The number of hydrogen-bond acceptors (Lipinski definition) is 3. The largest absolute Gasteiger partial charge is 0.308 e. The third-order valence-corrected chi connectivity index (χ3v) is 4.76. The van der Waals surface area contributed by atoms with Crippen LogP contribution in [0.15, 0.2) is 0 Å². The lowest BCUT2D eigenvalue weighted by Crippen LogP contribution is -2.47. The summed E-state index contributed by atoms with van der Waals surface area (Å²) in [7, 11) is 6.63. The zero-order chi connectivity index (χ0) is 13.0. The molecule has 0 bridgehead atoms. The summed E-state index contributed by atoms with van der Waals surface area (Å²) in [6.45, 7) is 6.44. The summed E-state index contributed by atoms with van der Waals surface area (Å²) in [4.78, 5) is 7.59. The predicted octanol–water partition coefficient (Wildman–Crippen LogP) is 1.74. The van der Waals surface area contributed by atoms with Gasteiger partial charge in [-0.3, -0.25) is 4.90 Å². The number of piperidine rings is 1. The van der Waals surface area contributed by atoms with Crippen LogP contribution in [0.4, 0.5) is 0 Å². The molecular weight excluding hydrogens is 222 g/mol. The maximum Gasteiger partial charge on any atom is 0.0112 e. The number of likely N-dealkylation sites (tertiary alicyclic amines) is 1. The molecule has 0 amide bonds. The lowest BCUT2D eigenvalue weighted by Gasteiger charge is -2.41. The molecule has 3 heteroatoms. The highest BCUT2D eigenvalue weighted by molar-refractivity contribution is 4.83. The average molecular weight is 253 g/mol. The minimum atomic E-state index is 0.907. The molecule has 2 aliphatic rings. The minimum absolute atomic E-state index is 0.907. The van der Waals surface area contributed by atoms with Gasteiger partial charge in [-0.25, -0.2) is 0 Å². The first-order valence-corrected chi connectivity index (χ1v) is 7.72. The highest BCUT2D eigenvalue weighted by Crippen LogP contribution is 2.27. The summed E-state index contributed by atoms with van der Waals surface area (Å²) in [5, 5.41) is 0. The van der Waals surface area contributed by atoms with Crippen molar-refractivity contribution in [1.82, 2.24) is 14.7 Å². The fourth-order valence-electron chi connectivity index (χ4n) is 3.08. The van der Waals surface area contributed by atoms with E-state index in [0.29, 0.717) is 0 Å². The van der Waals surface area contributed by atoms with E-state index in [9.17, 15) is 0 Å². The first-order valence-electron chi connectivity index (χ1n) is 7.72. The van der Waals surface area contributed by atoms with Crippen molar-refractivity contribution >= 4 is 0 Å². The second-order valence-corrected chi connectivity index (χ2v) is 6.63. The first kappa shape index (κ1) is 14.3. The Kier molecular flexibility index (Phi) is 5.46. The Balaban J connectivity index is 1.76. The second kappa shape index (κ2) is 6.88. The molecule has 106 valence electrons. The summed E-state index contributed by atoms with van der Waals surface area (Å²) >= 11 is 0. The third-order valence-electron chi connectivity index (χ3n) is 4.76. The molecule has 0 spiro atoms. The van der Waals surface area contributed by atoms with Gasteiger partial charge in [0.2, 0.25) is 0 Å². The van der Waals surface area contributed by atoms with E-state index in [1.807, 2.05) is 0 Å². The van der Waals surface area contributed by atoms with E-state index in [1.54, 1.807) is 0 Å². The zero-order valence-corrected chi connectivity index (χ0v) is 12.6. The molecule has 0 aromatic heterocycles. The van der Waals surface area contributed by atoms with Gasteiger partial charge in [0, 0.05) is 25.7 Å². The van der Waals surface area contributed by atoms with Crippen LogP contribution >= 0.6 is 0 Å². The van der Waals surface area contributed by atoms with Gasteiger partial charge in [-0.2, -0.15) is 0 Å². The Morgan fingerprint density at radius 2 is 1.67 bits per heavy atom. The van der Waals surface area contributed by atoms with Gasteiger partial charge in [0.15, 0.2) is 0 Å². The van der Waals surface area contributed by atoms with Crippen molar-refractivity contribution in [3.05, 3.63) is 0 Å². The molecule has 2 rings (SSSR count). The first-order chi connectivity index (χ1) is 8.65. The zero-order valence-electron chi connectivity index (χ0n) is 12.6. The Bertz CT molecular complexity index is 230. The van der Waals surface area contributed by atoms with Crippen LogP contribution in [-0.2, 0) is 0 Å². The monoisotopic (exact) mass is 253 g/mol. The van der Waals surface area contributed by atoms with Crippen molar-refractivity contribution in [1.29, 1.82) is 0 Å². The maximum atomic E-state index is 2.79. The summed E-state index contributed by atoms with van der Waals surface area (Å²) < 4.78 is 0. The lowest BCUT2D eigenvalue weighted by atomic mass is 9.89. The SMILES string of the molecule is CN(C)CCN(CC1CCN(C)CC1)C1CCC1. The van der Waals surface area contributed by atoms with Gasteiger partial charge in [-0.1, -0.05) is 6.42 Å². The molecular formula is C15H31N3. The number of likely N-dealkylation sites (N-methyl/N-ethyl adjacent to an activating group) is 1. The Labute approximate surface area is 113 Å². The molecule has 1 saturated carbocycles. The van der Waals surface area contributed by atoms with Crippen molar-refractivity contribution in [3.8, 4) is 0 Å². The van der Waals surface area contributed by atoms with Gasteiger partial charge in [-0.15, -0.1) is 0 Å². The second-order valence-electron chi connectivity index (χ2n) is 6.63. The smallest absolute Gasteiger partial charge is 0.0112 e. The average Bonchev–Trinajstić information content (AvgIpc) is 2.26. The van der Waals surface area contributed by atoms with Crippen molar-refractivity contribution in [2.24, 2.45) is 5.92 Å². The number of nitrogens with zero attached hydrogens (tertiary/aromatic N) is 3. The molecule has 18 heavy (non-hydrogen) atoms. The molecule has 0 aromatic carbocycles. The summed E-state index contributed by atoms with van der Waals surface area (Å²) in [6.07, 6.45) is 7.15. The van der Waals surface area contributed by atoms with Gasteiger partial charge in [0.25, 0.3) is 0 Å². The maximum absolute atomic E-state index is 2.79. The van der Waals surface area contributed by atoms with Crippen LogP contribution in [0, 0.1) is 5.92 Å². The van der Waals surface area contributed by atoms with Crippen molar-refractivity contribution in [3.63, 3.8) is 0 Å². The Morgan fingerprint density at radius 1 is 1.00 bits per heavy atom. The highest BCUT2D eigenvalue weighted by atomic mass is 15.2. The molecule has 3 nitrogen and oxygen atoms in total. The normalized spacial score (nSPS) is 23.8. The molecule has 0 aromatic rings. The van der Waals surface area contributed by atoms with E-state index in [-0.39, 0.29) is 0 Å². The molecule has 1 heterocycles. The third kappa shape index (κ3) is 4.22. The Morgan fingerprint density at radius 3 is 2.17 bits per heavy atom. The van der Waals surface area contributed by atoms with E-state index in [0.717, 1.165) is 12.0 Å². The van der Waals surface area contributed by atoms with Gasteiger partial charge >= 0.3 is 0 Å². The molecule has 0 radical (unpaired) electrons. The van der Waals surface area contributed by atoms with E-state index >= 15 is 0 Å². The van der Waals surface area contributed by atoms with Gasteiger partial charge in [0.1, 0.15) is 0 Å².